The number of hydrogen-bond acceptors (Lipinski definition) is 11. The lowest BCUT2D eigenvalue weighted by Gasteiger charge is -2.27. The van der Waals surface area contributed by atoms with Crippen molar-refractivity contribution in [3.63, 3.8) is 0 Å². The minimum absolute atomic E-state index is 0. The van der Waals surface area contributed by atoms with E-state index in [-0.39, 0.29) is 19.6 Å². The first-order valence-electron chi connectivity index (χ1n) is 16.3. The Kier molecular flexibility index (Phi) is 13.9. The third-order valence-corrected chi connectivity index (χ3v) is 10.8. The van der Waals surface area contributed by atoms with Gasteiger partial charge in [-0.15, -0.1) is 0 Å². The number of aldehydes is 1. The molecule has 0 aliphatic carbocycles. The van der Waals surface area contributed by atoms with Gasteiger partial charge in [0.05, 0.1) is 0 Å². The van der Waals surface area contributed by atoms with Crippen LogP contribution in [-0.4, -0.2) is 92.0 Å². The summed E-state index contributed by atoms with van der Waals surface area (Å²) in [4.78, 5) is 21.3. The van der Waals surface area contributed by atoms with Crippen LogP contribution in [-0.2, 0) is 28.1 Å². The number of carbonyl (C=O) groups excluding carboxylic acids is 1. The van der Waals surface area contributed by atoms with Gasteiger partial charge in [0.1, 0.15) is 19.5 Å². The van der Waals surface area contributed by atoms with Crippen molar-refractivity contribution in [1.29, 1.82) is 0 Å². The van der Waals surface area contributed by atoms with Gasteiger partial charge in [-0.1, -0.05) is 56.0 Å². The number of nitrogens with one attached hydrogen (secondary N) is 1. The molecule has 4 aliphatic rings. The van der Waals surface area contributed by atoms with Gasteiger partial charge < -0.3 is 24.3 Å². The third kappa shape index (κ3) is 10.4. The Morgan fingerprint density at radius 1 is 0.720 bits per heavy atom. The molecule has 2 fully saturated rings. The van der Waals surface area contributed by atoms with Gasteiger partial charge in [0.25, 0.3) is 11.8 Å². The predicted molar refractivity (Wildman–Crippen MR) is 195 cm³/mol. The van der Waals surface area contributed by atoms with Crippen LogP contribution in [0.4, 0.5) is 0 Å². The molecule has 0 unspecified atom stereocenters. The maximum Gasteiger partial charge on any atom is 0.257 e. The predicted octanol–water partition coefficient (Wildman–Crippen LogP) is 4.54. The molecule has 8 rings (SSSR count). The molecule has 2 aromatic heterocycles. The second kappa shape index (κ2) is 18.7. The summed E-state index contributed by atoms with van der Waals surface area (Å²) >= 11 is 0. The minimum atomic E-state index is -0.622. The number of nitrogens with zero attached hydrogens (tertiary/aromatic N) is 3. The molecular formula is C37H44N4O7S2. The highest BCUT2D eigenvalue weighted by Gasteiger charge is 2.24. The van der Waals surface area contributed by atoms with E-state index in [1.54, 1.807) is 30.6 Å². The average Bonchev–Trinajstić information content (AvgIpc) is 3.16. The summed E-state index contributed by atoms with van der Waals surface area (Å²) in [6.07, 6.45) is 3.88. The fraction of sp³-hybridized carbons (Fsp3) is 0.378. The molecule has 50 heavy (non-hydrogen) atoms. The Hall–Kier alpha value is -4.17. The van der Waals surface area contributed by atoms with Gasteiger partial charge in [0, 0.05) is 95.3 Å². The van der Waals surface area contributed by atoms with Crippen molar-refractivity contribution >= 4 is 27.9 Å². The van der Waals surface area contributed by atoms with E-state index in [2.05, 4.69) is 44.5 Å². The van der Waals surface area contributed by atoms with E-state index < -0.39 is 21.6 Å². The zero-order valence-corrected chi connectivity index (χ0v) is 28.7. The molecule has 13 heteroatoms. The third-order valence-electron chi connectivity index (χ3n) is 8.25. The summed E-state index contributed by atoms with van der Waals surface area (Å²) in [6.45, 7) is 5.55. The van der Waals surface area contributed by atoms with E-state index in [1.165, 1.54) is 5.56 Å². The summed E-state index contributed by atoms with van der Waals surface area (Å²) in [5, 5.41) is 3.12. The first kappa shape index (κ1) is 37.1. The van der Waals surface area contributed by atoms with Gasteiger partial charge in [-0.3, -0.25) is 18.1 Å². The van der Waals surface area contributed by atoms with Gasteiger partial charge in [-0.2, -0.15) is 0 Å². The van der Waals surface area contributed by atoms with E-state index >= 15 is 0 Å². The number of aromatic nitrogens is 2. The summed E-state index contributed by atoms with van der Waals surface area (Å²) in [6, 6.07) is 23.1. The molecule has 0 bridgehead atoms. The molecule has 2 aromatic carbocycles. The normalized spacial score (nSPS) is 20.1. The van der Waals surface area contributed by atoms with Crippen molar-refractivity contribution in [2.45, 2.75) is 26.2 Å². The lowest BCUT2D eigenvalue weighted by atomic mass is 10.1. The molecule has 2 atom stereocenters. The van der Waals surface area contributed by atoms with Crippen molar-refractivity contribution in [2.75, 3.05) is 62.4 Å². The van der Waals surface area contributed by atoms with Crippen LogP contribution < -0.4 is 24.3 Å². The van der Waals surface area contributed by atoms with E-state index in [0.29, 0.717) is 42.0 Å². The first-order valence-corrected chi connectivity index (χ1v) is 19.3. The molecule has 4 aromatic rings. The fourth-order valence-corrected chi connectivity index (χ4v) is 7.54. The molecular weight excluding hydrogens is 677 g/mol. The van der Waals surface area contributed by atoms with Crippen molar-refractivity contribution in [1.82, 2.24) is 20.2 Å². The molecule has 266 valence electrons. The van der Waals surface area contributed by atoms with Crippen molar-refractivity contribution in [3.05, 3.63) is 107 Å². The van der Waals surface area contributed by atoms with Gasteiger partial charge in [-0.25, -0.2) is 9.97 Å². The number of carbonyl (C=O) groups is 1. The van der Waals surface area contributed by atoms with Crippen LogP contribution in [0.15, 0.2) is 85.2 Å². The lowest BCUT2D eigenvalue weighted by Crippen LogP contribution is -2.37. The molecule has 0 saturated carbocycles. The Morgan fingerprint density at radius 3 is 1.70 bits per heavy atom. The maximum atomic E-state index is 11.4. The van der Waals surface area contributed by atoms with Crippen LogP contribution in [0.3, 0.4) is 0 Å². The largest absolute Gasteiger partial charge is 0.484 e. The van der Waals surface area contributed by atoms with Crippen LogP contribution in [0.1, 0.15) is 46.7 Å². The quantitative estimate of drug-likeness (QED) is 0.292. The number of rotatable bonds is 5. The second-order valence-corrected chi connectivity index (χ2v) is 15.1. The molecule has 0 spiro atoms. The van der Waals surface area contributed by atoms with Crippen LogP contribution in [0.5, 0.6) is 23.3 Å². The Balaban J connectivity index is 0.000000164. The summed E-state index contributed by atoms with van der Waals surface area (Å²) in [5.41, 5.74) is 3.97. The number of pyridine rings is 2. The topological polar surface area (TPSA) is 129 Å². The highest BCUT2D eigenvalue weighted by molar-refractivity contribution is 7.85. The Bertz CT molecular complexity index is 1710. The number of hydrogen-bond donors (Lipinski definition) is 1. The average molecular weight is 721 g/mol. The van der Waals surface area contributed by atoms with Gasteiger partial charge in [0.15, 0.2) is 23.7 Å². The van der Waals surface area contributed by atoms with Crippen LogP contribution in [0.25, 0.3) is 0 Å². The summed E-state index contributed by atoms with van der Waals surface area (Å²) < 4.78 is 45.0. The zero-order chi connectivity index (χ0) is 33.8. The second-order valence-electron chi connectivity index (χ2n) is 11.7. The van der Waals surface area contributed by atoms with Gasteiger partial charge in [-0.05, 0) is 41.0 Å². The zero-order valence-electron chi connectivity index (χ0n) is 27.1. The highest BCUT2D eigenvalue weighted by atomic mass is 32.2. The highest BCUT2D eigenvalue weighted by Crippen LogP contribution is 2.35. The lowest BCUT2D eigenvalue weighted by molar-refractivity contribution is 0.0850. The maximum absolute atomic E-state index is 11.4. The van der Waals surface area contributed by atoms with Gasteiger partial charge >= 0.3 is 0 Å². The van der Waals surface area contributed by atoms with Crippen LogP contribution in [0.2, 0.25) is 0 Å². The first-order chi connectivity index (χ1) is 24.0. The molecule has 11 nitrogen and oxygen atoms in total. The van der Waals surface area contributed by atoms with E-state index in [4.69, 9.17) is 18.9 Å². The number of ether oxygens (including phenoxy) is 4. The molecule has 2 saturated heterocycles. The number of benzene rings is 2. The van der Waals surface area contributed by atoms with E-state index in [1.807, 2.05) is 30.3 Å². The molecule has 4 aliphatic heterocycles. The van der Waals surface area contributed by atoms with E-state index in [0.717, 1.165) is 73.1 Å². The monoisotopic (exact) mass is 720 g/mol. The Labute approximate surface area is 298 Å². The van der Waals surface area contributed by atoms with Crippen molar-refractivity contribution < 1.29 is 32.2 Å². The Morgan fingerprint density at radius 2 is 1.22 bits per heavy atom. The fourth-order valence-electron chi connectivity index (χ4n) is 5.46. The molecule has 6 heterocycles. The van der Waals surface area contributed by atoms with Crippen molar-refractivity contribution in [2.24, 2.45) is 0 Å². The van der Waals surface area contributed by atoms with Crippen LogP contribution in [0, 0.1) is 0 Å². The summed E-state index contributed by atoms with van der Waals surface area (Å²) in [7, 11) is -1.12. The summed E-state index contributed by atoms with van der Waals surface area (Å²) in [5.74, 6) is 5.70. The smallest absolute Gasteiger partial charge is 0.257 e. The van der Waals surface area contributed by atoms with Crippen molar-refractivity contribution in [3.8, 4) is 23.3 Å². The standard InChI is InChI=1S/C18H20N2O3S.C14H11NO3.C4H9NOS.CH4/c21-24-10-8-20(9-11-24)12-14-3-5-15(6-4-14)17-13-22-16-2-1-7-19-18(16)23-17;16-8-10-3-5-11(6-4-10)13-9-17-12-2-1-7-15-14(12)18-13;6-7-3-1-5-2-4-7;/h1-7,17H,8-13H2;1-8,13H,9H2;5H,1-4H2;1H4/t17-;13-;;/m11../s1. The molecule has 0 amide bonds. The molecule has 1 N–H and O–H groups in total. The van der Waals surface area contributed by atoms with Gasteiger partial charge in [0.2, 0.25) is 0 Å². The molecule has 0 radical (unpaired) electrons. The van der Waals surface area contributed by atoms with Crippen LogP contribution >= 0.6 is 0 Å². The SMILES string of the molecule is C.O=Cc1ccc([C@H]2COc3cccnc3O2)cc1.O=S1CCN(Cc2ccc([C@H]3COc4cccnc4O3)cc2)CC1.O=S1CCNCC1. The van der Waals surface area contributed by atoms with E-state index in [9.17, 15) is 13.2 Å². The minimum Gasteiger partial charge on any atom is -0.484 e. The number of fused-ring (bicyclic) bond motifs is 2.